The number of hydrogen-bond donors (Lipinski definition) is 0. The van der Waals surface area contributed by atoms with Gasteiger partial charge in [-0.15, -0.1) is 0 Å². The van der Waals surface area contributed by atoms with Gasteiger partial charge in [0.1, 0.15) is 6.17 Å². The largest absolute Gasteiger partial charge is 0.356 e. The number of nitrogens with zero attached hydrogens (tertiary/aromatic N) is 2. The van der Waals surface area contributed by atoms with Gasteiger partial charge in [-0.3, -0.25) is 0 Å². The molecule has 1 rings (SSSR count). The molecule has 292 valence electrons. The van der Waals surface area contributed by atoms with Gasteiger partial charge in [-0.1, -0.05) is 245 Å². The molecule has 0 radical (unpaired) electrons. The Morgan fingerprint density at radius 2 is 0.469 bits per heavy atom. The Labute approximate surface area is 311 Å². The topological polar surface area (TPSA) is 6.48 Å². The van der Waals surface area contributed by atoms with Crippen LogP contribution in [0.2, 0.25) is 0 Å². The first-order valence-electron chi connectivity index (χ1n) is 23.5. The minimum Gasteiger partial charge on any atom is -0.356 e. The molecule has 0 aromatic carbocycles. The maximum Gasteiger partial charge on any atom is 0.101 e. The van der Waals surface area contributed by atoms with Gasteiger partial charge < -0.3 is 9.80 Å². The molecule has 2 heteroatoms. The zero-order valence-corrected chi connectivity index (χ0v) is 34.6. The quantitative estimate of drug-likeness (QED) is 0.0591. The molecule has 0 aromatic heterocycles. The summed E-state index contributed by atoms with van der Waals surface area (Å²) in [6.45, 7) is 9.49. The molecule has 1 aliphatic rings. The highest BCUT2D eigenvalue weighted by Gasteiger charge is 2.24. The second-order valence-corrected chi connectivity index (χ2v) is 16.4. The van der Waals surface area contributed by atoms with Crippen molar-refractivity contribution in [2.75, 3.05) is 13.1 Å². The highest BCUT2D eigenvalue weighted by Crippen LogP contribution is 2.24. The fraction of sp³-hybridized carbons (Fsp3) is 0.957. The second kappa shape index (κ2) is 38.6. The summed E-state index contributed by atoms with van der Waals surface area (Å²) in [6.07, 6.45) is 61.9. The molecule has 2 nitrogen and oxygen atoms in total. The summed E-state index contributed by atoms with van der Waals surface area (Å²) in [6, 6.07) is 0. The lowest BCUT2D eigenvalue weighted by Crippen LogP contribution is -2.39. The molecule has 1 aliphatic heterocycles. The van der Waals surface area contributed by atoms with Crippen LogP contribution in [-0.4, -0.2) is 29.1 Å². The predicted molar refractivity (Wildman–Crippen MR) is 223 cm³/mol. The van der Waals surface area contributed by atoms with Gasteiger partial charge in [-0.2, -0.15) is 0 Å². The van der Waals surface area contributed by atoms with Gasteiger partial charge >= 0.3 is 0 Å². The molecule has 0 amide bonds. The summed E-state index contributed by atoms with van der Waals surface area (Å²) < 4.78 is 0. The molecule has 1 atom stereocenters. The average Bonchev–Trinajstić information content (AvgIpc) is 3.50. The van der Waals surface area contributed by atoms with Crippen molar-refractivity contribution in [3.63, 3.8) is 0 Å². The Bertz CT molecular complexity index is 644. The molecule has 0 bridgehead atoms. The highest BCUT2D eigenvalue weighted by molar-refractivity contribution is 4.97. The molecule has 1 unspecified atom stereocenters. The smallest absolute Gasteiger partial charge is 0.101 e. The van der Waals surface area contributed by atoms with Crippen LogP contribution >= 0.6 is 0 Å². The van der Waals surface area contributed by atoms with Gasteiger partial charge in [0, 0.05) is 25.5 Å². The normalized spacial score (nSPS) is 14.6. The molecule has 0 aliphatic carbocycles. The van der Waals surface area contributed by atoms with Crippen LogP contribution in [0.1, 0.15) is 271 Å². The number of unbranched alkanes of at least 4 members (excludes halogenated alkanes) is 35. The summed E-state index contributed by atoms with van der Waals surface area (Å²) in [5, 5.41) is 0. The van der Waals surface area contributed by atoms with E-state index in [-0.39, 0.29) is 0 Å². The van der Waals surface area contributed by atoms with Crippen molar-refractivity contribution in [1.82, 2.24) is 9.80 Å². The summed E-state index contributed by atoms with van der Waals surface area (Å²) >= 11 is 0. The van der Waals surface area contributed by atoms with Crippen LogP contribution < -0.4 is 0 Å². The third-order valence-electron chi connectivity index (χ3n) is 11.6. The standard InChI is InChI=1S/C47H94N2/c1-4-7-10-13-16-19-22-25-26-29-32-35-38-41-44-49-46-45-48(43-40-37-34-31-28-24-21-18-15-12-9-6-3)47(49)42-39-36-33-30-27-23-20-17-14-11-8-5-2/h45-47H,4-44H2,1-3H3. The van der Waals surface area contributed by atoms with Crippen LogP contribution in [0.15, 0.2) is 12.4 Å². The van der Waals surface area contributed by atoms with Gasteiger partial charge in [0.15, 0.2) is 0 Å². The Hall–Kier alpha value is -0.660. The average molecular weight is 687 g/mol. The van der Waals surface area contributed by atoms with Gasteiger partial charge in [0.05, 0.1) is 0 Å². The lowest BCUT2D eigenvalue weighted by Gasteiger charge is -2.33. The first-order valence-corrected chi connectivity index (χ1v) is 23.5. The van der Waals surface area contributed by atoms with E-state index in [2.05, 4.69) is 43.0 Å². The second-order valence-electron chi connectivity index (χ2n) is 16.4. The predicted octanol–water partition coefficient (Wildman–Crippen LogP) is 16.7. The molecule has 0 spiro atoms. The van der Waals surface area contributed by atoms with Gasteiger partial charge in [0.2, 0.25) is 0 Å². The molecular formula is C47H94N2. The molecule has 0 aromatic rings. The zero-order valence-electron chi connectivity index (χ0n) is 34.6. The van der Waals surface area contributed by atoms with Crippen molar-refractivity contribution in [3.05, 3.63) is 12.4 Å². The van der Waals surface area contributed by atoms with Crippen LogP contribution in [0.3, 0.4) is 0 Å². The molecule has 1 heterocycles. The Morgan fingerprint density at radius 3 is 0.714 bits per heavy atom. The van der Waals surface area contributed by atoms with Crippen LogP contribution in [0.25, 0.3) is 0 Å². The van der Waals surface area contributed by atoms with E-state index in [1.165, 1.54) is 264 Å². The molecular weight excluding hydrogens is 593 g/mol. The van der Waals surface area contributed by atoms with Crippen molar-refractivity contribution in [2.24, 2.45) is 0 Å². The minimum absolute atomic E-state index is 0.637. The van der Waals surface area contributed by atoms with Gasteiger partial charge in [-0.05, 0) is 25.7 Å². The highest BCUT2D eigenvalue weighted by atomic mass is 15.4. The molecule has 0 saturated heterocycles. The van der Waals surface area contributed by atoms with Crippen LogP contribution in [0.4, 0.5) is 0 Å². The van der Waals surface area contributed by atoms with Crippen LogP contribution in [-0.2, 0) is 0 Å². The zero-order chi connectivity index (χ0) is 35.1. The van der Waals surface area contributed by atoms with E-state index < -0.39 is 0 Å². The molecule has 0 N–H and O–H groups in total. The monoisotopic (exact) mass is 687 g/mol. The van der Waals surface area contributed by atoms with Gasteiger partial charge in [0.25, 0.3) is 0 Å². The Morgan fingerprint density at radius 1 is 0.265 bits per heavy atom. The van der Waals surface area contributed by atoms with E-state index in [0.717, 1.165) is 0 Å². The Balaban J connectivity index is 2.21. The van der Waals surface area contributed by atoms with E-state index in [1.54, 1.807) is 0 Å². The van der Waals surface area contributed by atoms with Crippen molar-refractivity contribution in [1.29, 1.82) is 0 Å². The SMILES string of the molecule is CCCCCCCCCCCCCCCCN1C=CN(CCCCCCCCCCCCCC)C1CCCCCCCCCCCCCC. The van der Waals surface area contributed by atoms with E-state index in [1.807, 2.05) is 0 Å². The summed E-state index contributed by atoms with van der Waals surface area (Å²) in [4.78, 5) is 5.47. The van der Waals surface area contributed by atoms with Crippen LogP contribution in [0.5, 0.6) is 0 Å². The maximum absolute atomic E-state index is 2.74. The number of rotatable bonds is 41. The van der Waals surface area contributed by atoms with Crippen molar-refractivity contribution < 1.29 is 0 Å². The lowest BCUT2D eigenvalue weighted by molar-refractivity contribution is 0.135. The first kappa shape index (κ1) is 46.4. The minimum atomic E-state index is 0.637. The molecule has 49 heavy (non-hydrogen) atoms. The summed E-state index contributed by atoms with van der Waals surface area (Å²) in [5.74, 6) is 0. The van der Waals surface area contributed by atoms with Crippen molar-refractivity contribution in [3.8, 4) is 0 Å². The van der Waals surface area contributed by atoms with Crippen LogP contribution in [0, 0.1) is 0 Å². The van der Waals surface area contributed by atoms with Crippen molar-refractivity contribution >= 4 is 0 Å². The lowest BCUT2D eigenvalue weighted by atomic mass is 10.0. The first-order chi connectivity index (χ1) is 24.3. The maximum atomic E-state index is 2.74. The fourth-order valence-electron chi connectivity index (χ4n) is 8.13. The molecule has 0 fully saturated rings. The third kappa shape index (κ3) is 30.7. The fourth-order valence-corrected chi connectivity index (χ4v) is 8.13. The third-order valence-corrected chi connectivity index (χ3v) is 11.6. The van der Waals surface area contributed by atoms with E-state index in [0.29, 0.717) is 6.17 Å². The Kier molecular flexibility index (Phi) is 36.5. The van der Waals surface area contributed by atoms with E-state index in [4.69, 9.17) is 0 Å². The summed E-state index contributed by atoms with van der Waals surface area (Å²) in [7, 11) is 0. The number of hydrogen-bond acceptors (Lipinski definition) is 2. The molecule has 0 saturated carbocycles. The summed E-state index contributed by atoms with van der Waals surface area (Å²) in [5.41, 5.74) is 0. The van der Waals surface area contributed by atoms with E-state index in [9.17, 15) is 0 Å². The van der Waals surface area contributed by atoms with Crippen molar-refractivity contribution in [2.45, 2.75) is 277 Å². The van der Waals surface area contributed by atoms with Gasteiger partial charge in [-0.25, -0.2) is 0 Å². The van der Waals surface area contributed by atoms with E-state index >= 15 is 0 Å².